The third-order valence-corrected chi connectivity index (χ3v) is 7.26. The van der Waals surface area contributed by atoms with Gasteiger partial charge in [-0.3, -0.25) is 14.4 Å². The van der Waals surface area contributed by atoms with Crippen LogP contribution in [0.3, 0.4) is 0 Å². The summed E-state index contributed by atoms with van der Waals surface area (Å²) in [5.74, 6) is -1.77. The van der Waals surface area contributed by atoms with Crippen molar-refractivity contribution in [3.05, 3.63) is 59.7 Å². The molecule has 0 saturated carbocycles. The second-order valence-electron chi connectivity index (χ2n) is 10.9. The zero-order chi connectivity index (χ0) is 30.6. The van der Waals surface area contributed by atoms with Crippen LogP contribution in [-0.4, -0.2) is 46.8 Å². The van der Waals surface area contributed by atoms with Crippen molar-refractivity contribution in [2.45, 2.75) is 104 Å². The van der Waals surface area contributed by atoms with Crippen molar-refractivity contribution in [3.63, 3.8) is 0 Å². The topological polar surface area (TPSA) is 116 Å². The molecule has 0 aliphatic rings. The fraction of sp³-hybridized carbons (Fsp3) is 0.529. The zero-order valence-electron chi connectivity index (χ0n) is 25.5. The number of rotatable bonds is 21. The van der Waals surface area contributed by atoms with Crippen molar-refractivity contribution in [1.82, 2.24) is 4.90 Å². The highest BCUT2D eigenvalue weighted by molar-refractivity contribution is 6.06. The Morgan fingerprint density at radius 3 is 1.71 bits per heavy atom. The van der Waals surface area contributed by atoms with Gasteiger partial charge in [0.2, 0.25) is 11.8 Å². The molecule has 0 saturated heterocycles. The molecule has 2 aromatic rings. The standard InChI is InChI=1S/C34H49N3O5/c1-3-5-7-9-11-13-23-37(24-14-12-10-8-6-4-2)32(39)22-21-31(38)35-29-19-15-17-27(25-29)33(40)36-30-20-16-18-28(26-30)34(41)42/h15-20,25-26H,3-14,21-24H2,1-2H3,(H,35,38)(H,36,40)(H,41,42). The molecule has 230 valence electrons. The number of carbonyl (C=O) groups excluding carboxylic acids is 3. The van der Waals surface area contributed by atoms with Crippen molar-refractivity contribution in [3.8, 4) is 0 Å². The van der Waals surface area contributed by atoms with Gasteiger partial charge in [-0.05, 0) is 49.2 Å². The number of amides is 3. The molecule has 2 rings (SSSR count). The largest absolute Gasteiger partial charge is 0.478 e. The first-order chi connectivity index (χ1) is 20.3. The number of carboxylic acids is 1. The van der Waals surface area contributed by atoms with Gasteiger partial charge < -0.3 is 20.6 Å². The second kappa shape index (κ2) is 20.2. The lowest BCUT2D eigenvalue weighted by Crippen LogP contribution is -2.33. The Kier molecular flexibility index (Phi) is 16.6. The van der Waals surface area contributed by atoms with E-state index < -0.39 is 11.9 Å². The maximum absolute atomic E-state index is 13.1. The average Bonchev–Trinajstić information content (AvgIpc) is 2.98. The Morgan fingerprint density at radius 1 is 0.643 bits per heavy atom. The third kappa shape index (κ3) is 13.8. The van der Waals surface area contributed by atoms with Gasteiger partial charge in [0.15, 0.2) is 0 Å². The lowest BCUT2D eigenvalue weighted by atomic mass is 10.1. The van der Waals surface area contributed by atoms with Gasteiger partial charge in [0, 0.05) is 42.9 Å². The summed E-state index contributed by atoms with van der Waals surface area (Å²) in [5, 5.41) is 14.6. The maximum atomic E-state index is 13.1. The molecule has 0 aliphatic carbocycles. The highest BCUT2D eigenvalue weighted by atomic mass is 16.4. The van der Waals surface area contributed by atoms with Gasteiger partial charge in [0.1, 0.15) is 0 Å². The molecule has 0 aromatic heterocycles. The summed E-state index contributed by atoms with van der Waals surface area (Å²) in [4.78, 5) is 51.6. The van der Waals surface area contributed by atoms with Gasteiger partial charge in [0.05, 0.1) is 5.56 Å². The highest BCUT2D eigenvalue weighted by Crippen LogP contribution is 2.16. The highest BCUT2D eigenvalue weighted by Gasteiger charge is 2.16. The van der Waals surface area contributed by atoms with Crippen molar-refractivity contribution >= 4 is 35.1 Å². The number of carbonyl (C=O) groups is 4. The molecular weight excluding hydrogens is 530 g/mol. The van der Waals surface area contributed by atoms with Gasteiger partial charge in [-0.15, -0.1) is 0 Å². The lowest BCUT2D eigenvalue weighted by Gasteiger charge is -2.23. The van der Waals surface area contributed by atoms with Crippen LogP contribution in [0.15, 0.2) is 48.5 Å². The van der Waals surface area contributed by atoms with Crippen molar-refractivity contribution in [1.29, 1.82) is 0 Å². The summed E-state index contributed by atoms with van der Waals surface area (Å²) < 4.78 is 0. The fourth-order valence-electron chi connectivity index (χ4n) is 4.80. The van der Waals surface area contributed by atoms with E-state index in [0.717, 1.165) is 38.8 Å². The normalized spacial score (nSPS) is 10.7. The molecule has 8 nitrogen and oxygen atoms in total. The van der Waals surface area contributed by atoms with Crippen LogP contribution in [0.2, 0.25) is 0 Å². The fourth-order valence-corrected chi connectivity index (χ4v) is 4.80. The molecule has 8 heteroatoms. The van der Waals surface area contributed by atoms with E-state index in [4.69, 9.17) is 5.11 Å². The van der Waals surface area contributed by atoms with Gasteiger partial charge in [-0.2, -0.15) is 0 Å². The van der Waals surface area contributed by atoms with Crippen LogP contribution in [0.4, 0.5) is 11.4 Å². The SMILES string of the molecule is CCCCCCCCN(CCCCCCCC)C(=O)CCC(=O)Nc1cccc(C(=O)Nc2cccc(C(=O)O)c2)c1. The van der Waals surface area contributed by atoms with E-state index >= 15 is 0 Å². The van der Waals surface area contributed by atoms with Crippen LogP contribution in [-0.2, 0) is 9.59 Å². The molecule has 0 bridgehead atoms. The van der Waals surface area contributed by atoms with Crippen LogP contribution in [0, 0.1) is 0 Å². The van der Waals surface area contributed by atoms with E-state index in [1.165, 1.54) is 63.5 Å². The summed E-state index contributed by atoms with van der Waals surface area (Å²) in [5.41, 5.74) is 1.20. The van der Waals surface area contributed by atoms with Crippen molar-refractivity contribution in [2.24, 2.45) is 0 Å². The molecule has 0 fully saturated rings. The predicted octanol–water partition coefficient (Wildman–Crippen LogP) is 7.91. The zero-order valence-corrected chi connectivity index (χ0v) is 25.5. The van der Waals surface area contributed by atoms with E-state index in [-0.39, 0.29) is 30.2 Å². The third-order valence-electron chi connectivity index (χ3n) is 7.26. The average molecular weight is 580 g/mol. The molecule has 0 spiro atoms. The Hall–Kier alpha value is -3.68. The van der Waals surface area contributed by atoms with E-state index in [1.54, 1.807) is 36.4 Å². The number of hydrogen-bond donors (Lipinski definition) is 3. The monoisotopic (exact) mass is 579 g/mol. The minimum absolute atomic E-state index is 0.0176. The number of anilines is 2. The Bertz CT molecular complexity index is 1120. The minimum Gasteiger partial charge on any atom is -0.478 e. The number of carboxylic acid groups (broad SMARTS) is 1. The van der Waals surface area contributed by atoms with Crippen LogP contribution in [0.1, 0.15) is 124 Å². The van der Waals surface area contributed by atoms with E-state index in [9.17, 15) is 19.2 Å². The van der Waals surface area contributed by atoms with E-state index in [0.29, 0.717) is 16.9 Å². The van der Waals surface area contributed by atoms with Crippen LogP contribution < -0.4 is 10.6 Å². The molecule has 3 amide bonds. The summed E-state index contributed by atoms with van der Waals surface area (Å²) in [6, 6.07) is 12.5. The van der Waals surface area contributed by atoms with Crippen LogP contribution in [0.25, 0.3) is 0 Å². The summed E-state index contributed by atoms with van der Waals surface area (Å²) in [6.45, 7) is 5.90. The Balaban J connectivity index is 1.87. The number of benzene rings is 2. The predicted molar refractivity (Wildman–Crippen MR) is 169 cm³/mol. The smallest absolute Gasteiger partial charge is 0.335 e. The number of unbranched alkanes of at least 4 members (excludes halogenated alkanes) is 10. The van der Waals surface area contributed by atoms with Gasteiger partial charge >= 0.3 is 5.97 Å². The summed E-state index contributed by atoms with van der Waals surface area (Å²) in [7, 11) is 0. The molecule has 3 N–H and O–H groups in total. The molecule has 0 heterocycles. The number of nitrogens with zero attached hydrogens (tertiary/aromatic N) is 1. The lowest BCUT2D eigenvalue weighted by molar-refractivity contribution is -0.133. The van der Waals surface area contributed by atoms with Gasteiger partial charge in [-0.25, -0.2) is 4.79 Å². The van der Waals surface area contributed by atoms with Crippen molar-refractivity contribution < 1.29 is 24.3 Å². The van der Waals surface area contributed by atoms with Crippen molar-refractivity contribution in [2.75, 3.05) is 23.7 Å². The van der Waals surface area contributed by atoms with E-state index in [1.807, 2.05) is 4.90 Å². The first-order valence-corrected chi connectivity index (χ1v) is 15.7. The number of hydrogen-bond acceptors (Lipinski definition) is 4. The Morgan fingerprint density at radius 2 is 1.14 bits per heavy atom. The molecule has 42 heavy (non-hydrogen) atoms. The molecule has 2 aromatic carbocycles. The molecule has 0 aliphatic heterocycles. The quantitative estimate of drug-likeness (QED) is 0.130. The van der Waals surface area contributed by atoms with Crippen LogP contribution >= 0.6 is 0 Å². The summed E-state index contributed by atoms with van der Waals surface area (Å²) >= 11 is 0. The molecule has 0 unspecified atom stereocenters. The minimum atomic E-state index is -1.08. The van der Waals surface area contributed by atoms with Gasteiger partial charge in [-0.1, -0.05) is 90.2 Å². The Labute approximate surface area is 251 Å². The number of aromatic carboxylic acids is 1. The molecule has 0 radical (unpaired) electrons. The second-order valence-corrected chi connectivity index (χ2v) is 10.9. The van der Waals surface area contributed by atoms with Crippen LogP contribution in [0.5, 0.6) is 0 Å². The maximum Gasteiger partial charge on any atom is 0.335 e. The first kappa shape index (κ1) is 34.5. The summed E-state index contributed by atoms with van der Waals surface area (Å²) in [6.07, 6.45) is 14.3. The number of nitrogens with one attached hydrogen (secondary N) is 2. The first-order valence-electron chi connectivity index (χ1n) is 15.7. The van der Waals surface area contributed by atoms with E-state index in [2.05, 4.69) is 24.5 Å². The van der Waals surface area contributed by atoms with Gasteiger partial charge in [0.25, 0.3) is 5.91 Å². The molecular formula is C34H49N3O5. The molecule has 0 atom stereocenters.